The lowest BCUT2D eigenvalue weighted by Gasteiger charge is -2.06. The van der Waals surface area contributed by atoms with Crippen LogP contribution in [0.1, 0.15) is 6.92 Å². The molecule has 78 valence electrons. The molecule has 0 aliphatic rings. The molecule has 0 aromatic carbocycles. The Hall–Kier alpha value is -0.620. The van der Waals surface area contributed by atoms with Crippen LogP contribution >= 0.6 is 11.8 Å². The van der Waals surface area contributed by atoms with Crippen molar-refractivity contribution in [2.75, 3.05) is 19.1 Å². The van der Waals surface area contributed by atoms with Crippen LogP contribution in [0.4, 0.5) is 0 Å². The predicted octanol–water partition coefficient (Wildman–Crippen LogP) is 1.33. The molecule has 0 aliphatic heterocycles. The van der Waals surface area contributed by atoms with E-state index in [-0.39, 0.29) is 0 Å². The normalized spacial score (nSPS) is 12.5. The zero-order valence-corrected chi connectivity index (χ0v) is 9.94. The van der Waals surface area contributed by atoms with Gasteiger partial charge in [0.1, 0.15) is 0 Å². The molecular formula is C8H12N2O2S2. The van der Waals surface area contributed by atoms with Gasteiger partial charge in [0.25, 0.3) is 0 Å². The highest BCUT2D eigenvalue weighted by Gasteiger charge is 2.09. The molecule has 0 radical (unpaired) electrons. The molecule has 0 saturated carbocycles. The zero-order chi connectivity index (χ0) is 10.6. The number of nitrogens with zero attached hydrogens (tertiary/aromatic N) is 2. The number of thioether (sulfide) groups is 1. The fraction of sp³-hybridized carbons (Fsp3) is 0.500. The topological polar surface area (TPSA) is 52.1 Å². The molecule has 0 spiro atoms. The summed E-state index contributed by atoms with van der Waals surface area (Å²) in [5.74, 6) is 0.653. The van der Waals surface area contributed by atoms with E-state index in [9.17, 15) is 4.21 Å². The summed E-state index contributed by atoms with van der Waals surface area (Å²) >= 11 is 1.46. The predicted molar refractivity (Wildman–Crippen MR) is 57.3 cm³/mol. The molecule has 1 aromatic heterocycles. The summed E-state index contributed by atoms with van der Waals surface area (Å²) in [6.45, 7) is 2.46. The first-order valence-corrected chi connectivity index (χ1v) is 6.85. The zero-order valence-electron chi connectivity index (χ0n) is 8.31. The van der Waals surface area contributed by atoms with Gasteiger partial charge in [-0.2, -0.15) is 0 Å². The molecule has 0 bridgehead atoms. The SMILES string of the molecule is CCOc1cc(S(C)=O)nnc1SC. The minimum atomic E-state index is -1.12. The minimum absolute atomic E-state index is 0.450. The molecule has 0 saturated heterocycles. The van der Waals surface area contributed by atoms with Crippen LogP contribution in [-0.2, 0) is 10.8 Å². The molecule has 1 heterocycles. The molecule has 1 aromatic rings. The van der Waals surface area contributed by atoms with Gasteiger partial charge in [-0.05, 0) is 13.2 Å². The van der Waals surface area contributed by atoms with Gasteiger partial charge in [0.2, 0.25) is 0 Å². The maximum atomic E-state index is 11.1. The average molecular weight is 232 g/mol. The lowest BCUT2D eigenvalue weighted by atomic mass is 10.5. The summed E-state index contributed by atoms with van der Waals surface area (Å²) in [4.78, 5) is 0. The molecule has 4 nitrogen and oxygen atoms in total. The van der Waals surface area contributed by atoms with Crippen LogP contribution in [0.2, 0.25) is 0 Å². The molecule has 1 rings (SSSR count). The van der Waals surface area contributed by atoms with Crippen molar-refractivity contribution in [3.05, 3.63) is 6.07 Å². The quantitative estimate of drug-likeness (QED) is 0.733. The summed E-state index contributed by atoms with van der Waals surface area (Å²) in [7, 11) is -1.12. The maximum Gasteiger partial charge on any atom is 0.161 e. The van der Waals surface area contributed by atoms with Gasteiger partial charge in [-0.25, -0.2) is 0 Å². The van der Waals surface area contributed by atoms with Crippen LogP contribution in [-0.4, -0.2) is 33.5 Å². The highest BCUT2D eigenvalue weighted by atomic mass is 32.2. The second-order valence-electron chi connectivity index (χ2n) is 2.44. The fourth-order valence-corrected chi connectivity index (χ4v) is 1.76. The first-order valence-electron chi connectivity index (χ1n) is 4.07. The van der Waals surface area contributed by atoms with Gasteiger partial charge in [0.15, 0.2) is 15.8 Å². The largest absolute Gasteiger partial charge is 0.491 e. The summed E-state index contributed by atoms with van der Waals surface area (Å²) in [6, 6.07) is 1.68. The van der Waals surface area contributed by atoms with Gasteiger partial charge in [0.05, 0.1) is 17.4 Å². The van der Waals surface area contributed by atoms with Crippen LogP contribution in [0.25, 0.3) is 0 Å². The maximum absolute atomic E-state index is 11.1. The monoisotopic (exact) mass is 232 g/mol. The highest BCUT2D eigenvalue weighted by molar-refractivity contribution is 7.98. The second-order valence-corrected chi connectivity index (χ2v) is 4.56. The lowest BCUT2D eigenvalue weighted by Crippen LogP contribution is -2.01. The number of hydrogen-bond donors (Lipinski definition) is 0. The third-order valence-electron chi connectivity index (χ3n) is 1.49. The fourth-order valence-electron chi connectivity index (χ4n) is 0.888. The van der Waals surface area contributed by atoms with Gasteiger partial charge >= 0.3 is 0 Å². The number of hydrogen-bond acceptors (Lipinski definition) is 5. The van der Waals surface area contributed by atoms with Crippen LogP contribution < -0.4 is 4.74 Å². The van der Waals surface area contributed by atoms with Crippen molar-refractivity contribution in [2.24, 2.45) is 0 Å². The Kier molecular flexibility index (Phi) is 4.34. The van der Waals surface area contributed by atoms with E-state index in [0.29, 0.717) is 17.4 Å². The molecule has 0 aliphatic carbocycles. The van der Waals surface area contributed by atoms with Crippen molar-refractivity contribution in [3.8, 4) is 5.75 Å². The molecule has 6 heteroatoms. The number of rotatable bonds is 4. The Morgan fingerprint density at radius 2 is 2.29 bits per heavy atom. The van der Waals surface area contributed by atoms with E-state index in [2.05, 4.69) is 10.2 Å². The van der Waals surface area contributed by atoms with E-state index in [1.807, 2.05) is 13.2 Å². The first-order chi connectivity index (χ1) is 6.69. The van der Waals surface area contributed by atoms with E-state index < -0.39 is 10.8 Å². The number of ether oxygens (including phenoxy) is 1. The Morgan fingerprint density at radius 3 is 2.79 bits per heavy atom. The van der Waals surface area contributed by atoms with Gasteiger partial charge in [-0.3, -0.25) is 4.21 Å². The third kappa shape index (κ3) is 2.68. The van der Waals surface area contributed by atoms with Crippen LogP contribution in [0.3, 0.4) is 0 Å². The molecular weight excluding hydrogens is 220 g/mol. The first kappa shape index (κ1) is 11.5. The van der Waals surface area contributed by atoms with Crippen molar-refractivity contribution in [2.45, 2.75) is 17.0 Å². The van der Waals surface area contributed by atoms with E-state index >= 15 is 0 Å². The van der Waals surface area contributed by atoms with Crippen molar-refractivity contribution >= 4 is 22.6 Å². The highest BCUT2D eigenvalue weighted by Crippen LogP contribution is 2.25. The van der Waals surface area contributed by atoms with E-state index in [0.717, 1.165) is 5.03 Å². The van der Waals surface area contributed by atoms with Crippen molar-refractivity contribution in [1.29, 1.82) is 0 Å². The summed E-state index contributed by atoms with van der Waals surface area (Å²) < 4.78 is 16.5. The Morgan fingerprint density at radius 1 is 1.57 bits per heavy atom. The van der Waals surface area contributed by atoms with Gasteiger partial charge in [-0.1, -0.05) is 0 Å². The van der Waals surface area contributed by atoms with Crippen molar-refractivity contribution in [3.63, 3.8) is 0 Å². The number of aromatic nitrogens is 2. The van der Waals surface area contributed by atoms with E-state index in [4.69, 9.17) is 4.74 Å². The van der Waals surface area contributed by atoms with Gasteiger partial charge in [0, 0.05) is 12.3 Å². The summed E-state index contributed by atoms with van der Waals surface area (Å²) in [5.41, 5.74) is 0. The molecule has 0 amide bonds. The van der Waals surface area contributed by atoms with Gasteiger partial charge < -0.3 is 4.74 Å². The smallest absolute Gasteiger partial charge is 0.161 e. The summed E-state index contributed by atoms with van der Waals surface area (Å²) in [6.07, 6.45) is 3.47. The lowest BCUT2D eigenvalue weighted by molar-refractivity contribution is 0.326. The molecule has 1 atom stereocenters. The van der Waals surface area contributed by atoms with Crippen LogP contribution in [0, 0.1) is 0 Å². The Balaban J connectivity index is 3.07. The Labute approximate surface area is 89.9 Å². The van der Waals surface area contributed by atoms with E-state index in [1.54, 1.807) is 12.3 Å². The molecule has 0 fully saturated rings. The minimum Gasteiger partial charge on any atom is -0.491 e. The third-order valence-corrected chi connectivity index (χ3v) is 2.95. The average Bonchev–Trinajstić information content (AvgIpc) is 2.18. The van der Waals surface area contributed by atoms with Crippen molar-refractivity contribution < 1.29 is 8.95 Å². The van der Waals surface area contributed by atoms with E-state index in [1.165, 1.54) is 11.8 Å². The second kappa shape index (κ2) is 5.31. The van der Waals surface area contributed by atoms with Crippen LogP contribution in [0.15, 0.2) is 16.1 Å². The summed E-state index contributed by atoms with van der Waals surface area (Å²) in [5, 5.41) is 8.95. The standard InChI is InChI=1S/C8H12N2O2S2/c1-4-12-6-5-7(14(3)11)9-10-8(6)13-2/h5H,4H2,1-3H3. The molecule has 1 unspecified atom stereocenters. The van der Waals surface area contributed by atoms with Crippen molar-refractivity contribution in [1.82, 2.24) is 10.2 Å². The molecule has 0 N–H and O–H groups in total. The molecule has 14 heavy (non-hydrogen) atoms. The Bertz CT molecular complexity index is 344. The van der Waals surface area contributed by atoms with Crippen LogP contribution in [0.5, 0.6) is 5.75 Å². The van der Waals surface area contributed by atoms with Gasteiger partial charge in [-0.15, -0.1) is 22.0 Å².